The van der Waals surface area contributed by atoms with Gasteiger partial charge in [0.15, 0.2) is 23.3 Å². The van der Waals surface area contributed by atoms with E-state index in [0.717, 1.165) is 0 Å². The molecule has 1 aromatic carbocycles. The van der Waals surface area contributed by atoms with Crippen LogP contribution < -0.4 is 5.32 Å². The lowest BCUT2D eigenvalue weighted by molar-refractivity contribution is 0.459. The molecule has 1 aromatic heterocycles. The van der Waals surface area contributed by atoms with E-state index in [1.54, 1.807) is 10.8 Å². The van der Waals surface area contributed by atoms with Gasteiger partial charge >= 0.3 is 0 Å². The van der Waals surface area contributed by atoms with E-state index in [-0.39, 0.29) is 18.1 Å². The number of aromatic nitrogens is 2. The van der Waals surface area contributed by atoms with Crippen molar-refractivity contribution in [2.75, 3.05) is 5.32 Å². The van der Waals surface area contributed by atoms with Crippen molar-refractivity contribution < 1.29 is 17.6 Å². The van der Waals surface area contributed by atoms with Gasteiger partial charge in [-0.1, -0.05) is 0 Å². The Labute approximate surface area is 106 Å². The highest BCUT2D eigenvalue weighted by atomic mass is 19.2. The van der Waals surface area contributed by atoms with Crippen molar-refractivity contribution in [3.8, 4) is 0 Å². The molecule has 0 aliphatic rings. The third kappa shape index (κ3) is 2.40. The SMILES string of the molecule is CC(C)n1ccnc1Nc1c(F)c(F)cc(F)c1F. The van der Waals surface area contributed by atoms with Crippen molar-refractivity contribution in [2.24, 2.45) is 0 Å². The third-order valence-electron chi connectivity index (χ3n) is 2.57. The van der Waals surface area contributed by atoms with Crippen LogP contribution in [0.25, 0.3) is 0 Å². The molecule has 0 aliphatic heterocycles. The minimum atomic E-state index is -1.49. The molecular weight excluding hydrogens is 262 g/mol. The van der Waals surface area contributed by atoms with Crippen molar-refractivity contribution in [1.29, 1.82) is 0 Å². The Bertz CT molecular complexity index is 581. The van der Waals surface area contributed by atoms with Gasteiger partial charge in [0, 0.05) is 24.5 Å². The summed E-state index contributed by atoms with van der Waals surface area (Å²) in [4.78, 5) is 3.85. The van der Waals surface area contributed by atoms with E-state index in [2.05, 4.69) is 10.3 Å². The van der Waals surface area contributed by atoms with Crippen LogP contribution in [0.15, 0.2) is 18.5 Å². The zero-order valence-electron chi connectivity index (χ0n) is 10.2. The van der Waals surface area contributed by atoms with Crippen LogP contribution >= 0.6 is 0 Å². The Kier molecular flexibility index (Phi) is 3.46. The summed E-state index contributed by atoms with van der Waals surface area (Å²) < 4.78 is 54.7. The molecule has 0 radical (unpaired) electrons. The second-order valence-electron chi connectivity index (χ2n) is 4.22. The molecule has 0 saturated carbocycles. The number of halogens is 4. The molecule has 0 fully saturated rings. The number of imidazole rings is 1. The maximum Gasteiger partial charge on any atom is 0.207 e. The molecule has 1 heterocycles. The van der Waals surface area contributed by atoms with Gasteiger partial charge in [-0.15, -0.1) is 0 Å². The van der Waals surface area contributed by atoms with Crippen LogP contribution in [0.3, 0.4) is 0 Å². The largest absolute Gasteiger partial charge is 0.321 e. The summed E-state index contributed by atoms with van der Waals surface area (Å²) in [6, 6.07) is 0.125. The summed E-state index contributed by atoms with van der Waals surface area (Å²) in [5, 5.41) is 2.27. The molecule has 0 atom stereocenters. The van der Waals surface area contributed by atoms with Crippen molar-refractivity contribution in [3.63, 3.8) is 0 Å². The summed E-state index contributed by atoms with van der Waals surface area (Å²) in [6.07, 6.45) is 2.99. The van der Waals surface area contributed by atoms with Crippen LogP contribution in [0, 0.1) is 23.3 Å². The Hall–Kier alpha value is -2.05. The van der Waals surface area contributed by atoms with E-state index in [9.17, 15) is 17.6 Å². The van der Waals surface area contributed by atoms with Gasteiger partial charge in [0.2, 0.25) is 5.95 Å². The lowest BCUT2D eigenvalue weighted by atomic mass is 10.2. The van der Waals surface area contributed by atoms with Crippen LogP contribution in [0.2, 0.25) is 0 Å². The topological polar surface area (TPSA) is 29.9 Å². The van der Waals surface area contributed by atoms with Crippen LogP contribution in [0.4, 0.5) is 29.2 Å². The first-order chi connectivity index (χ1) is 8.91. The summed E-state index contributed by atoms with van der Waals surface area (Å²) in [7, 11) is 0. The van der Waals surface area contributed by atoms with Crippen molar-refractivity contribution in [2.45, 2.75) is 19.9 Å². The number of benzene rings is 1. The molecule has 7 heteroatoms. The number of hydrogen-bond donors (Lipinski definition) is 1. The summed E-state index contributed by atoms with van der Waals surface area (Å²) >= 11 is 0. The van der Waals surface area contributed by atoms with Gasteiger partial charge in [0.05, 0.1) is 0 Å². The predicted octanol–water partition coefficient (Wildman–Crippen LogP) is 3.76. The average Bonchev–Trinajstić information content (AvgIpc) is 2.80. The van der Waals surface area contributed by atoms with Gasteiger partial charge in [-0.05, 0) is 13.8 Å². The number of hydrogen-bond acceptors (Lipinski definition) is 2. The molecule has 0 saturated heterocycles. The minimum Gasteiger partial charge on any atom is -0.321 e. The molecule has 2 aromatic rings. The Balaban J connectivity index is 2.46. The first kappa shape index (κ1) is 13.4. The molecule has 19 heavy (non-hydrogen) atoms. The minimum absolute atomic E-state index is 0.0328. The highest BCUT2D eigenvalue weighted by Gasteiger charge is 2.20. The molecule has 102 valence electrons. The van der Waals surface area contributed by atoms with Gasteiger partial charge < -0.3 is 9.88 Å². The standard InChI is InChI=1S/C12H11F4N3/c1-6(2)19-4-3-17-12(19)18-11-9(15)7(13)5-8(14)10(11)16/h3-6H,1-2H3,(H,17,18). The zero-order valence-corrected chi connectivity index (χ0v) is 10.2. The number of rotatable bonds is 3. The average molecular weight is 273 g/mol. The van der Waals surface area contributed by atoms with E-state index in [1.807, 2.05) is 13.8 Å². The Morgan fingerprint density at radius 3 is 2.21 bits per heavy atom. The first-order valence-electron chi connectivity index (χ1n) is 5.54. The van der Waals surface area contributed by atoms with E-state index < -0.39 is 29.0 Å². The Morgan fingerprint density at radius 1 is 1.11 bits per heavy atom. The summed E-state index contributed by atoms with van der Waals surface area (Å²) in [6.45, 7) is 3.65. The first-order valence-corrected chi connectivity index (χ1v) is 5.54. The van der Waals surface area contributed by atoms with Crippen LogP contribution in [-0.2, 0) is 0 Å². The van der Waals surface area contributed by atoms with Gasteiger partial charge in [0.25, 0.3) is 0 Å². The van der Waals surface area contributed by atoms with Crippen LogP contribution in [-0.4, -0.2) is 9.55 Å². The molecule has 3 nitrogen and oxygen atoms in total. The molecule has 0 unspecified atom stereocenters. The maximum absolute atomic E-state index is 13.5. The van der Waals surface area contributed by atoms with E-state index in [4.69, 9.17) is 0 Å². The molecule has 1 N–H and O–H groups in total. The zero-order chi connectivity index (χ0) is 14.2. The fourth-order valence-electron chi connectivity index (χ4n) is 1.62. The van der Waals surface area contributed by atoms with Crippen molar-refractivity contribution in [1.82, 2.24) is 9.55 Å². The van der Waals surface area contributed by atoms with Crippen molar-refractivity contribution >= 4 is 11.6 Å². The lowest BCUT2D eigenvalue weighted by Crippen LogP contribution is -2.09. The number of nitrogens with zero attached hydrogens (tertiary/aromatic N) is 2. The van der Waals surface area contributed by atoms with Crippen LogP contribution in [0.1, 0.15) is 19.9 Å². The van der Waals surface area contributed by atoms with Crippen molar-refractivity contribution in [3.05, 3.63) is 41.7 Å². The third-order valence-corrected chi connectivity index (χ3v) is 2.57. The molecule has 0 amide bonds. The van der Waals surface area contributed by atoms with E-state index >= 15 is 0 Å². The molecule has 0 bridgehead atoms. The van der Waals surface area contributed by atoms with Gasteiger partial charge in [-0.2, -0.15) is 0 Å². The summed E-state index contributed by atoms with van der Waals surface area (Å²) in [5.74, 6) is -5.82. The molecular formula is C12H11F4N3. The quantitative estimate of drug-likeness (QED) is 0.681. The van der Waals surface area contributed by atoms with E-state index in [1.165, 1.54) is 6.20 Å². The second kappa shape index (κ2) is 4.91. The summed E-state index contributed by atoms with van der Waals surface area (Å²) in [5.41, 5.74) is -0.898. The molecule has 2 rings (SSSR count). The lowest BCUT2D eigenvalue weighted by Gasteiger charge is -2.14. The fourth-order valence-corrected chi connectivity index (χ4v) is 1.62. The number of nitrogens with one attached hydrogen (secondary N) is 1. The van der Waals surface area contributed by atoms with Gasteiger partial charge in [-0.25, -0.2) is 22.5 Å². The monoisotopic (exact) mass is 273 g/mol. The molecule has 0 spiro atoms. The van der Waals surface area contributed by atoms with Gasteiger partial charge in [0.1, 0.15) is 5.69 Å². The van der Waals surface area contributed by atoms with Crippen LogP contribution in [0.5, 0.6) is 0 Å². The smallest absolute Gasteiger partial charge is 0.207 e. The normalized spacial score (nSPS) is 11.1. The second-order valence-corrected chi connectivity index (χ2v) is 4.22. The number of anilines is 2. The van der Waals surface area contributed by atoms with E-state index in [0.29, 0.717) is 0 Å². The fraction of sp³-hybridized carbons (Fsp3) is 0.250. The molecule has 0 aliphatic carbocycles. The highest BCUT2D eigenvalue weighted by molar-refractivity contribution is 5.56. The van der Waals surface area contributed by atoms with Gasteiger partial charge in [-0.3, -0.25) is 0 Å². The maximum atomic E-state index is 13.5. The Morgan fingerprint density at radius 2 is 1.68 bits per heavy atom. The highest BCUT2D eigenvalue weighted by Crippen LogP contribution is 2.27. The predicted molar refractivity (Wildman–Crippen MR) is 62.2 cm³/mol.